The number of anilines is 1. The van der Waals surface area contributed by atoms with Crippen LogP contribution in [0.2, 0.25) is 0 Å². The number of carbonyl (C=O) groups excluding carboxylic acids is 1. The first kappa shape index (κ1) is 18.5. The molecule has 29 heavy (non-hydrogen) atoms. The van der Waals surface area contributed by atoms with E-state index >= 15 is 0 Å². The van der Waals surface area contributed by atoms with Crippen molar-refractivity contribution in [3.63, 3.8) is 0 Å². The molecule has 146 valence electrons. The van der Waals surface area contributed by atoms with Crippen molar-refractivity contribution in [2.45, 2.75) is 13.5 Å². The molecule has 0 radical (unpaired) electrons. The fraction of sp³-hybridized carbons (Fsp3) is 0.100. The van der Waals surface area contributed by atoms with Crippen molar-refractivity contribution in [2.75, 3.05) is 5.32 Å². The number of pyridine rings is 1. The average molecular weight is 395 g/mol. The summed E-state index contributed by atoms with van der Waals surface area (Å²) in [5.74, 6) is -1.57. The minimum atomic E-state index is -0.676. The summed E-state index contributed by atoms with van der Waals surface area (Å²) in [6.45, 7) is 1.61. The van der Waals surface area contributed by atoms with E-state index in [1.165, 1.54) is 27.7 Å². The normalized spacial score (nSPS) is 11.0. The molecule has 3 aromatic heterocycles. The first-order valence-corrected chi connectivity index (χ1v) is 8.68. The third-order valence-corrected chi connectivity index (χ3v) is 4.44. The number of hydrogen-bond donors (Lipinski definition) is 1. The fourth-order valence-corrected chi connectivity index (χ4v) is 2.94. The van der Waals surface area contributed by atoms with Crippen molar-refractivity contribution < 1.29 is 13.6 Å². The van der Waals surface area contributed by atoms with Gasteiger partial charge in [-0.3, -0.25) is 14.0 Å². The summed E-state index contributed by atoms with van der Waals surface area (Å²) >= 11 is 0. The molecule has 0 unspecified atom stereocenters. The van der Waals surface area contributed by atoms with Crippen LogP contribution in [0.3, 0.4) is 0 Å². The number of carbonyl (C=O) groups is 1. The molecule has 0 atom stereocenters. The highest BCUT2D eigenvalue weighted by Gasteiger charge is 2.18. The van der Waals surface area contributed by atoms with E-state index in [1.54, 1.807) is 25.1 Å². The summed E-state index contributed by atoms with van der Waals surface area (Å²) in [5, 5.41) is 6.74. The van der Waals surface area contributed by atoms with E-state index in [9.17, 15) is 18.4 Å². The lowest BCUT2D eigenvalue weighted by atomic mass is 10.2. The van der Waals surface area contributed by atoms with Gasteiger partial charge in [-0.05, 0) is 37.3 Å². The Morgan fingerprint density at radius 1 is 1.17 bits per heavy atom. The van der Waals surface area contributed by atoms with E-state index in [-0.39, 0.29) is 23.5 Å². The van der Waals surface area contributed by atoms with Gasteiger partial charge in [-0.1, -0.05) is 6.07 Å². The Hall–Kier alpha value is -3.88. The van der Waals surface area contributed by atoms with Crippen molar-refractivity contribution >= 4 is 17.4 Å². The molecule has 0 spiro atoms. The summed E-state index contributed by atoms with van der Waals surface area (Å²) in [4.78, 5) is 29.4. The summed E-state index contributed by atoms with van der Waals surface area (Å²) in [5.41, 5.74) is 0.419. The molecule has 9 heteroatoms. The average Bonchev–Trinajstić information content (AvgIpc) is 3.04. The molecule has 0 aliphatic carbocycles. The Morgan fingerprint density at radius 2 is 2.00 bits per heavy atom. The van der Waals surface area contributed by atoms with Crippen LogP contribution in [0.15, 0.2) is 59.8 Å². The smallest absolute Gasteiger partial charge is 0.270 e. The molecule has 7 nitrogen and oxygen atoms in total. The van der Waals surface area contributed by atoms with Crippen molar-refractivity contribution in [1.82, 2.24) is 19.2 Å². The number of benzene rings is 1. The Kier molecular flexibility index (Phi) is 4.63. The molecular formula is C20H15F2N5O2. The van der Waals surface area contributed by atoms with Crippen LogP contribution in [-0.2, 0) is 6.54 Å². The Morgan fingerprint density at radius 3 is 2.83 bits per heavy atom. The Balaban J connectivity index is 1.66. The van der Waals surface area contributed by atoms with E-state index < -0.39 is 23.1 Å². The molecule has 0 aliphatic rings. The number of amides is 1. The maximum absolute atomic E-state index is 14.0. The predicted molar refractivity (Wildman–Crippen MR) is 102 cm³/mol. The van der Waals surface area contributed by atoms with Crippen LogP contribution < -0.4 is 10.9 Å². The molecule has 1 aromatic carbocycles. The first-order valence-electron chi connectivity index (χ1n) is 8.68. The number of rotatable bonds is 4. The highest BCUT2D eigenvalue weighted by Crippen LogP contribution is 2.18. The minimum absolute atomic E-state index is 0.0797. The van der Waals surface area contributed by atoms with Crippen LogP contribution in [-0.4, -0.2) is 25.1 Å². The number of aryl methyl sites for hydroxylation is 1. The number of nitrogens with zero attached hydrogens (tertiary/aromatic N) is 4. The second kappa shape index (κ2) is 7.27. The zero-order valence-corrected chi connectivity index (χ0v) is 15.3. The van der Waals surface area contributed by atoms with Gasteiger partial charge in [0.05, 0.1) is 12.7 Å². The quantitative estimate of drug-likeness (QED) is 0.576. The highest BCUT2D eigenvalue weighted by atomic mass is 19.1. The van der Waals surface area contributed by atoms with Gasteiger partial charge in [0.25, 0.3) is 11.5 Å². The maximum atomic E-state index is 14.0. The predicted octanol–water partition coefficient (Wildman–Crippen LogP) is 2.78. The van der Waals surface area contributed by atoms with Crippen LogP contribution in [0.4, 0.5) is 14.6 Å². The number of aromatic nitrogens is 4. The molecular weight excluding hydrogens is 380 g/mol. The summed E-state index contributed by atoms with van der Waals surface area (Å²) < 4.78 is 30.0. The molecule has 4 aromatic rings. The van der Waals surface area contributed by atoms with Gasteiger partial charge < -0.3 is 5.32 Å². The third kappa shape index (κ3) is 3.49. The molecule has 1 amide bonds. The molecule has 0 saturated carbocycles. The van der Waals surface area contributed by atoms with Gasteiger partial charge in [0.2, 0.25) is 0 Å². The lowest BCUT2D eigenvalue weighted by molar-refractivity contribution is 0.102. The largest absolute Gasteiger partial charge is 0.306 e. The summed E-state index contributed by atoms with van der Waals surface area (Å²) in [6.07, 6.45) is 4.21. The number of hydrogen-bond acceptors (Lipinski definition) is 4. The summed E-state index contributed by atoms with van der Waals surface area (Å²) in [6, 6.07) is 8.16. The van der Waals surface area contributed by atoms with Gasteiger partial charge in [-0.25, -0.2) is 18.4 Å². The van der Waals surface area contributed by atoms with Crippen LogP contribution in [0, 0.1) is 18.6 Å². The summed E-state index contributed by atoms with van der Waals surface area (Å²) in [7, 11) is 0. The Labute approximate surface area is 163 Å². The van der Waals surface area contributed by atoms with E-state index in [2.05, 4.69) is 15.4 Å². The van der Waals surface area contributed by atoms with Crippen LogP contribution in [0.5, 0.6) is 0 Å². The van der Waals surface area contributed by atoms with Gasteiger partial charge in [0.15, 0.2) is 0 Å². The van der Waals surface area contributed by atoms with E-state index in [0.717, 1.165) is 18.2 Å². The van der Waals surface area contributed by atoms with E-state index in [4.69, 9.17) is 0 Å². The van der Waals surface area contributed by atoms with Crippen LogP contribution in [0.1, 0.15) is 21.5 Å². The van der Waals surface area contributed by atoms with Gasteiger partial charge in [-0.2, -0.15) is 5.10 Å². The second-order valence-electron chi connectivity index (χ2n) is 6.43. The Bertz CT molecular complexity index is 1300. The lowest BCUT2D eigenvalue weighted by Crippen LogP contribution is -2.27. The number of halogens is 2. The molecule has 3 heterocycles. The van der Waals surface area contributed by atoms with E-state index in [1.807, 2.05) is 0 Å². The van der Waals surface area contributed by atoms with Gasteiger partial charge in [0.1, 0.15) is 28.7 Å². The lowest BCUT2D eigenvalue weighted by Gasteiger charge is -2.11. The fourth-order valence-electron chi connectivity index (χ4n) is 2.94. The maximum Gasteiger partial charge on any atom is 0.270 e. The first-order chi connectivity index (χ1) is 13.9. The molecule has 0 aliphatic heterocycles. The van der Waals surface area contributed by atoms with Gasteiger partial charge >= 0.3 is 0 Å². The van der Waals surface area contributed by atoms with Crippen molar-refractivity contribution in [3.05, 3.63) is 93.7 Å². The molecule has 4 rings (SSSR count). The highest BCUT2D eigenvalue weighted by molar-refractivity contribution is 6.03. The topological polar surface area (TPSA) is 81.3 Å². The SMILES string of the molecule is Cc1cnn(Cc2cc(F)ccc2F)c1NC(=O)c1cnc2ccccn2c1=O. The molecule has 1 N–H and O–H groups in total. The zero-order valence-electron chi connectivity index (χ0n) is 15.3. The molecule has 0 fully saturated rings. The standard InChI is InChI=1S/C20H15F2N5O2/c1-12-9-24-27(11-13-8-14(21)5-6-16(13)22)18(12)25-19(28)15-10-23-17-4-2-3-7-26(17)20(15)29/h2-10H,11H2,1H3,(H,25,28). The third-order valence-electron chi connectivity index (χ3n) is 4.44. The van der Waals surface area contributed by atoms with Crippen LogP contribution in [0.25, 0.3) is 5.65 Å². The monoisotopic (exact) mass is 395 g/mol. The van der Waals surface area contributed by atoms with Gasteiger partial charge in [0, 0.05) is 23.5 Å². The van der Waals surface area contributed by atoms with Crippen molar-refractivity contribution in [2.24, 2.45) is 0 Å². The van der Waals surface area contributed by atoms with Crippen molar-refractivity contribution in [1.29, 1.82) is 0 Å². The van der Waals surface area contributed by atoms with Crippen LogP contribution >= 0.6 is 0 Å². The second-order valence-corrected chi connectivity index (χ2v) is 6.43. The molecule has 0 bridgehead atoms. The number of fused-ring (bicyclic) bond motifs is 1. The zero-order chi connectivity index (χ0) is 20.5. The van der Waals surface area contributed by atoms with Gasteiger partial charge in [-0.15, -0.1) is 0 Å². The van der Waals surface area contributed by atoms with E-state index in [0.29, 0.717) is 11.2 Å². The molecule has 0 saturated heterocycles. The van der Waals surface area contributed by atoms with Crippen molar-refractivity contribution in [3.8, 4) is 0 Å². The minimum Gasteiger partial charge on any atom is -0.306 e. The number of nitrogens with one attached hydrogen (secondary N) is 1.